The van der Waals surface area contributed by atoms with Gasteiger partial charge in [-0.15, -0.1) is 11.8 Å². The minimum atomic E-state index is -0.234. The Labute approximate surface area is 121 Å². The molecule has 2 aromatic rings. The van der Waals surface area contributed by atoms with Crippen LogP contribution in [0.5, 0.6) is 5.75 Å². The van der Waals surface area contributed by atoms with Crippen molar-refractivity contribution < 1.29 is 9.13 Å². The summed E-state index contributed by atoms with van der Waals surface area (Å²) in [4.78, 5) is 1.00. The third-order valence-corrected chi connectivity index (χ3v) is 3.86. The van der Waals surface area contributed by atoms with E-state index in [-0.39, 0.29) is 11.7 Å². The van der Waals surface area contributed by atoms with Crippen LogP contribution in [0.1, 0.15) is 11.1 Å². The van der Waals surface area contributed by atoms with Gasteiger partial charge in [-0.05, 0) is 42.0 Å². The predicted octanol–water partition coefficient (Wildman–Crippen LogP) is 3.41. The molecule has 20 heavy (non-hydrogen) atoms. The second kappa shape index (κ2) is 6.43. The maximum Gasteiger partial charge on any atom is 0.130 e. The third-order valence-electron chi connectivity index (χ3n) is 2.78. The molecule has 0 aromatic heterocycles. The van der Waals surface area contributed by atoms with E-state index in [1.54, 1.807) is 37.1 Å². The second-order valence-electron chi connectivity index (χ2n) is 4.19. The van der Waals surface area contributed by atoms with Gasteiger partial charge in [0.05, 0.1) is 12.7 Å². The van der Waals surface area contributed by atoms with E-state index in [4.69, 9.17) is 15.9 Å². The summed E-state index contributed by atoms with van der Waals surface area (Å²) in [6, 6.07) is 12.0. The quantitative estimate of drug-likeness (QED) is 0.504. The molecule has 0 aliphatic heterocycles. The largest absolute Gasteiger partial charge is 0.496 e. The number of ether oxygens (including phenoxy) is 1. The highest BCUT2D eigenvalue weighted by atomic mass is 32.2. The van der Waals surface area contributed by atoms with E-state index in [0.29, 0.717) is 11.3 Å². The molecule has 104 valence electrons. The zero-order valence-corrected chi connectivity index (χ0v) is 11.8. The van der Waals surface area contributed by atoms with Gasteiger partial charge in [0.15, 0.2) is 0 Å². The van der Waals surface area contributed by atoms with E-state index in [1.165, 1.54) is 12.1 Å². The Hall–Kier alpha value is -2.01. The number of nitrogen functional groups attached to an aromatic ring is 1. The molecule has 0 atom stereocenters. The fraction of sp³-hybridized carbons (Fsp3) is 0.133. The molecule has 0 amide bonds. The normalized spacial score (nSPS) is 10.3. The summed E-state index contributed by atoms with van der Waals surface area (Å²) in [5.74, 6) is 1.08. The van der Waals surface area contributed by atoms with Crippen molar-refractivity contribution in [3.05, 3.63) is 59.4 Å². The minimum Gasteiger partial charge on any atom is -0.496 e. The highest BCUT2D eigenvalue weighted by Gasteiger charge is 2.07. The lowest BCUT2D eigenvalue weighted by atomic mass is 10.1. The van der Waals surface area contributed by atoms with Crippen LogP contribution in [0.3, 0.4) is 0 Å². The van der Waals surface area contributed by atoms with E-state index in [9.17, 15) is 4.39 Å². The van der Waals surface area contributed by atoms with Gasteiger partial charge in [-0.25, -0.2) is 4.39 Å². The molecule has 0 spiro atoms. The summed E-state index contributed by atoms with van der Waals surface area (Å²) in [5.41, 5.74) is 7.12. The number of nitrogens with one attached hydrogen (secondary N) is 1. The number of hydrogen-bond acceptors (Lipinski definition) is 3. The van der Waals surface area contributed by atoms with E-state index in [1.807, 2.05) is 12.1 Å². The molecule has 0 radical (unpaired) electrons. The van der Waals surface area contributed by atoms with Gasteiger partial charge in [-0.2, -0.15) is 0 Å². The molecule has 3 nitrogen and oxygen atoms in total. The average molecular weight is 290 g/mol. The monoisotopic (exact) mass is 290 g/mol. The summed E-state index contributed by atoms with van der Waals surface area (Å²) >= 11 is 1.61. The van der Waals surface area contributed by atoms with Crippen molar-refractivity contribution in [3.63, 3.8) is 0 Å². The van der Waals surface area contributed by atoms with Crippen LogP contribution in [0.2, 0.25) is 0 Å². The number of halogens is 1. The van der Waals surface area contributed by atoms with E-state index in [0.717, 1.165) is 16.2 Å². The maximum absolute atomic E-state index is 12.8. The molecule has 2 rings (SSSR count). The van der Waals surface area contributed by atoms with E-state index in [2.05, 4.69) is 0 Å². The fourth-order valence-corrected chi connectivity index (χ4v) is 2.59. The lowest BCUT2D eigenvalue weighted by Gasteiger charge is -2.09. The molecule has 0 aliphatic carbocycles. The van der Waals surface area contributed by atoms with Gasteiger partial charge < -0.3 is 10.5 Å². The van der Waals surface area contributed by atoms with Crippen LogP contribution in [0.25, 0.3) is 0 Å². The Bertz CT molecular complexity index is 614. The van der Waals surface area contributed by atoms with Gasteiger partial charge in [-0.1, -0.05) is 6.07 Å². The van der Waals surface area contributed by atoms with Gasteiger partial charge in [-0.3, -0.25) is 5.41 Å². The Morgan fingerprint density at radius 3 is 2.55 bits per heavy atom. The van der Waals surface area contributed by atoms with Crippen molar-refractivity contribution in [1.82, 2.24) is 0 Å². The molecule has 0 unspecified atom stereocenters. The SMILES string of the molecule is COc1cc(CSc2ccc(F)cc2)ccc1C(=N)N. The van der Waals surface area contributed by atoms with Crippen LogP contribution in [0.4, 0.5) is 4.39 Å². The summed E-state index contributed by atoms with van der Waals surface area (Å²) in [7, 11) is 1.55. The molecule has 5 heteroatoms. The summed E-state index contributed by atoms with van der Waals surface area (Å²) < 4.78 is 18.0. The summed E-state index contributed by atoms with van der Waals surface area (Å²) in [5, 5.41) is 7.46. The number of amidine groups is 1. The Morgan fingerprint density at radius 2 is 1.95 bits per heavy atom. The Kier molecular flexibility index (Phi) is 4.63. The smallest absolute Gasteiger partial charge is 0.130 e. The molecule has 2 aromatic carbocycles. The number of rotatable bonds is 5. The van der Waals surface area contributed by atoms with E-state index < -0.39 is 0 Å². The molecular weight excluding hydrogens is 275 g/mol. The van der Waals surface area contributed by atoms with Crippen LogP contribution in [-0.4, -0.2) is 12.9 Å². The lowest BCUT2D eigenvalue weighted by Crippen LogP contribution is -2.12. The van der Waals surface area contributed by atoms with Crippen molar-refractivity contribution >= 4 is 17.6 Å². The van der Waals surface area contributed by atoms with Gasteiger partial charge in [0.1, 0.15) is 17.4 Å². The van der Waals surface area contributed by atoms with Crippen LogP contribution in [0, 0.1) is 11.2 Å². The second-order valence-corrected chi connectivity index (χ2v) is 5.24. The van der Waals surface area contributed by atoms with Gasteiger partial charge in [0.25, 0.3) is 0 Å². The number of benzene rings is 2. The van der Waals surface area contributed by atoms with Gasteiger partial charge in [0, 0.05) is 10.6 Å². The fourth-order valence-electron chi connectivity index (χ4n) is 1.75. The number of nitrogens with two attached hydrogens (primary N) is 1. The van der Waals surface area contributed by atoms with Crippen molar-refractivity contribution in [2.75, 3.05) is 7.11 Å². The maximum atomic E-state index is 12.8. The number of thioether (sulfide) groups is 1. The number of methoxy groups -OCH3 is 1. The first kappa shape index (κ1) is 14.4. The highest BCUT2D eigenvalue weighted by Crippen LogP contribution is 2.26. The highest BCUT2D eigenvalue weighted by molar-refractivity contribution is 7.98. The molecule has 0 bridgehead atoms. The molecule has 0 aliphatic rings. The van der Waals surface area contributed by atoms with Crippen molar-refractivity contribution in [2.24, 2.45) is 5.73 Å². The molecular formula is C15H15FN2OS. The Balaban J connectivity index is 2.10. The zero-order chi connectivity index (χ0) is 14.5. The first-order chi connectivity index (χ1) is 9.60. The zero-order valence-electron chi connectivity index (χ0n) is 11.0. The molecule has 0 heterocycles. The topological polar surface area (TPSA) is 59.1 Å². The average Bonchev–Trinajstić information content (AvgIpc) is 2.46. The van der Waals surface area contributed by atoms with E-state index >= 15 is 0 Å². The number of hydrogen-bond donors (Lipinski definition) is 2. The summed E-state index contributed by atoms with van der Waals surface area (Å²) in [6.07, 6.45) is 0. The van der Waals surface area contributed by atoms with Crippen molar-refractivity contribution in [2.45, 2.75) is 10.6 Å². The van der Waals surface area contributed by atoms with Gasteiger partial charge >= 0.3 is 0 Å². The van der Waals surface area contributed by atoms with Crippen LogP contribution in [-0.2, 0) is 5.75 Å². The molecule has 3 N–H and O–H groups in total. The minimum absolute atomic E-state index is 0.0143. The van der Waals surface area contributed by atoms with Crippen molar-refractivity contribution in [1.29, 1.82) is 5.41 Å². The van der Waals surface area contributed by atoms with Crippen LogP contribution < -0.4 is 10.5 Å². The van der Waals surface area contributed by atoms with Crippen LogP contribution >= 0.6 is 11.8 Å². The predicted molar refractivity (Wildman–Crippen MR) is 80.0 cm³/mol. The summed E-state index contributed by atoms with van der Waals surface area (Å²) in [6.45, 7) is 0. The molecule has 0 saturated carbocycles. The standard InChI is InChI=1S/C15H15FN2OS/c1-19-14-8-10(2-7-13(14)15(17)18)9-20-12-5-3-11(16)4-6-12/h2-8H,9H2,1H3,(H3,17,18). The van der Waals surface area contributed by atoms with Crippen molar-refractivity contribution in [3.8, 4) is 5.75 Å². The third kappa shape index (κ3) is 3.51. The molecule has 0 saturated heterocycles. The lowest BCUT2D eigenvalue weighted by molar-refractivity contribution is 0.413. The van der Waals surface area contributed by atoms with Crippen LogP contribution in [0.15, 0.2) is 47.4 Å². The Morgan fingerprint density at radius 1 is 1.25 bits per heavy atom. The van der Waals surface area contributed by atoms with Gasteiger partial charge in [0.2, 0.25) is 0 Å². The first-order valence-corrected chi connectivity index (χ1v) is 6.98. The molecule has 0 fully saturated rings. The first-order valence-electron chi connectivity index (χ1n) is 6.00.